The highest BCUT2D eigenvalue weighted by atomic mass is 16.7. The van der Waals surface area contributed by atoms with Crippen LogP contribution in [0.15, 0.2) is 12.2 Å². The zero-order chi connectivity index (χ0) is 20.1. The van der Waals surface area contributed by atoms with Gasteiger partial charge in [0.05, 0.1) is 5.92 Å². The van der Waals surface area contributed by atoms with Crippen LogP contribution in [0.4, 0.5) is 0 Å². The van der Waals surface area contributed by atoms with E-state index in [1.165, 1.54) is 20.8 Å². The summed E-state index contributed by atoms with van der Waals surface area (Å²) in [5.41, 5.74) is -0.158. The van der Waals surface area contributed by atoms with Crippen molar-refractivity contribution in [2.45, 2.75) is 59.0 Å². The highest BCUT2D eigenvalue weighted by molar-refractivity contribution is 5.94. The lowest BCUT2D eigenvalue weighted by Crippen LogP contribution is -2.43. The summed E-state index contributed by atoms with van der Waals surface area (Å²) in [5, 5.41) is 0. The number of hydrogen-bond donors (Lipinski definition) is 0. The SMILES string of the molecule is C=C(C)C(=O)OC(C)OC(=O)C(C)C(=O)OC1C2OC(=O)C3CC1(C)CC32. The van der Waals surface area contributed by atoms with E-state index in [1.807, 2.05) is 6.92 Å². The van der Waals surface area contributed by atoms with Crippen LogP contribution in [0, 0.1) is 23.2 Å². The molecule has 8 heteroatoms. The predicted molar refractivity (Wildman–Crippen MR) is 89.7 cm³/mol. The first-order valence-electron chi connectivity index (χ1n) is 9.01. The molecule has 148 valence electrons. The van der Waals surface area contributed by atoms with E-state index in [4.69, 9.17) is 18.9 Å². The Bertz CT molecular complexity index is 712. The molecule has 1 heterocycles. The number of carbonyl (C=O) groups is 4. The summed E-state index contributed by atoms with van der Waals surface area (Å²) < 4.78 is 20.8. The molecule has 3 rings (SSSR count). The van der Waals surface area contributed by atoms with Gasteiger partial charge in [-0.25, -0.2) is 4.79 Å². The minimum absolute atomic E-state index is 0.0733. The van der Waals surface area contributed by atoms with Crippen LogP contribution in [0.3, 0.4) is 0 Å². The van der Waals surface area contributed by atoms with Crippen molar-refractivity contribution in [1.82, 2.24) is 0 Å². The van der Waals surface area contributed by atoms with Crippen molar-refractivity contribution in [3.63, 3.8) is 0 Å². The van der Waals surface area contributed by atoms with Gasteiger partial charge in [0.25, 0.3) is 0 Å². The minimum atomic E-state index is -1.20. The molecular weight excluding hydrogens is 356 g/mol. The molecule has 1 aliphatic heterocycles. The molecule has 2 saturated carbocycles. The Morgan fingerprint density at radius 2 is 1.85 bits per heavy atom. The standard InChI is InChI=1S/C19H24O8/c1-8(2)15(20)24-10(4)25-16(21)9(3)17(22)27-14-13-11-6-19(14,5)7-12(11)18(23)26-13/h9-14H,1,6-7H2,2-5H3. The average Bonchev–Trinajstić information content (AvgIpc) is 3.13. The third-order valence-electron chi connectivity index (χ3n) is 5.72. The number of hydrogen-bond acceptors (Lipinski definition) is 8. The number of esters is 4. The van der Waals surface area contributed by atoms with Gasteiger partial charge in [0, 0.05) is 23.8 Å². The summed E-state index contributed by atoms with van der Waals surface area (Å²) in [5.74, 6) is -3.78. The lowest BCUT2D eigenvalue weighted by molar-refractivity contribution is -0.190. The molecule has 0 spiro atoms. The van der Waals surface area contributed by atoms with Gasteiger partial charge in [-0.3, -0.25) is 14.4 Å². The maximum absolute atomic E-state index is 12.4. The summed E-state index contributed by atoms with van der Waals surface area (Å²) in [7, 11) is 0. The van der Waals surface area contributed by atoms with E-state index in [9.17, 15) is 19.2 Å². The van der Waals surface area contributed by atoms with Crippen molar-refractivity contribution >= 4 is 23.9 Å². The topological polar surface area (TPSA) is 105 Å². The second-order valence-corrected chi connectivity index (χ2v) is 8.00. The smallest absolute Gasteiger partial charge is 0.336 e. The molecule has 0 aromatic heterocycles. The maximum atomic E-state index is 12.4. The van der Waals surface area contributed by atoms with E-state index in [2.05, 4.69) is 6.58 Å². The van der Waals surface area contributed by atoms with Gasteiger partial charge in [-0.2, -0.15) is 0 Å². The largest absolute Gasteiger partial charge is 0.458 e. The van der Waals surface area contributed by atoms with E-state index in [0.29, 0.717) is 6.42 Å². The van der Waals surface area contributed by atoms with Crippen molar-refractivity contribution < 1.29 is 38.1 Å². The first-order valence-corrected chi connectivity index (χ1v) is 9.01. The molecule has 0 radical (unpaired) electrons. The Labute approximate surface area is 157 Å². The highest BCUT2D eigenvalue weighted by Gasteiger charge is 2.68. The van der Waals surface area contributed by atoms with Gasteiger partial charge in [-0.1, -0.05) is 13.5 Å². The van der Waals surface area contributed by atoms with E-state index < -0.39 is 42.3 Å². The summed E-state index contributed by atoms with van der Waals surface area (Å²) in [6.07, 6.45) is -0.778. The summed E-state index contributed by atoms with van der Waals surface area (Å²) in [4.78, 5) is 47.9. The monoisotopic (exact) mass is 380 g/mol. The second kappa shape index (κ2) is 6.65. The Hall–Kier alpha value is -2.38. The van der Waals surface area contributed by atoms with Crippen LogP contribution < -0.4 is 0 Å². The van der Waals surface area contributed by atoms with Gasteiger partial charge < -0.3 is 18.9 Å². The fourth-order valence-electron chi connectivity index (χ4n) is 4.32. The molecule has 8 nitrogen and oxygen atoms in total. The highest BCUT2D eigenvalue weighted by Crippen LogP contribution is 2.62. The molecule has 0 amide bonds. The summed E-state index contributed by atoms with van der Waals surface area (Å²) in [6.45, 7) is 9.60. The molecule has 2 bridgehead atoms. The Kier molecular flexibility index (Phi) is 4.78. The van der Waals surface area contributed by atoms with Crippen molar-refractivity contribution in [3.05, 3.63) is 12.2 Å². The normalized spacial score (nSPS) is 35.2. The molecule has 0 aromatic carbocycles. The second-order valence-electron chi connectivity index (χ2n) is 8.00. The van der Waals surface area contributed by atoms with Gasteiger partial charge >= 0.3 is 23.9 Å². The van der Waals surface area contributed by atoms with E-state index in [0.717, 1.165) is 6.42 Å². The number of carbonyl (C=O) groups excluding carboxylic acids is 4. The Balaban J connectivity index is 1.57. The predicted octanol–water partition coefficient (Wildman–Crippen LogP) is 1.51. The fraction of sp³-hybridized carbons (Fsp3) is 0.684. The van der Waals surface area contributed by atoms with Gasteiger partial charge in [-0.15, -0.1) is 0 Å². The maximum Gasteiger partial charge on any atom is 0.336 e. The van der Waals surface area contributed by atoms with Gasteiger partial charge in [0.2, 0.25) is 6.29 Å². The van der Waals surface area contributed by atoms with Crippen LogP contribution in [0.25, 0.3) is 0 Å². The van der Waals surface area contributed by atoms with Crippen molar-refractivity contribution in [1.29, 1.82) is 0 Å². The number of rotatable bonds is 6. The third kappa shape index (κ3) is 3.33. The van der Waals surface area contributed by atoms with Crippen LogP contribution in [0.2, 0.25) is 0 Å². The van der Waals surface area contributed by atoms with Crippen molar-refractivity contribution in [3.8, 4) is 0 Å². The van der Waals surface area contributed by atoms with Crippen LogP contribution in [0.5, 0.6) is 0 Å². The van der Waals surface area contributed by atoms with Crippen LogP contribution in [-0.2, 0) is 38.1 Å². The molecule has 7 atom stereocenters. The molecule has 0 N–H and O–H groups in total. The van der Waals surface area contributed by atoms with Crippen LogP contribution >= 0.6 is 0 Å². The van der Waals surface area contributed by atoms with Crippen LogP contribution in [0.1, 0.15) is 40.5 Å². The van der Waals surface area contributed by atoms with E-state index >= 15 is 0 Å². The van der Waals surface area contributed by atoms with Crippen molar-refractivity contribution in [2.24, 2.45) is 23.2 Å². The van der Waals surface area contributed by atoms with Gasteiger partial charge in [0.1, 0.15) is 12.2 Å². The van der Waals surface area contributed by atoms with Gasteiger partial charge in [0.15, 0.2) is 5.92 Å². The molecular formula is C19H24O8. The zero-order valence-corrected chi connectivity index (χ0v) is 15.9. The van der Waals surface area contributed by atoms with Crippen molar-refractivity contribution in [2.75, 3.05) is 0 Å². The van der Waals surface area contributed by atoms with Crippen LogP contribution in [-0.4, -0.2) is 42.4 Å². The molecule has 27 heavy (non-hydrogen) atoms. The lowest BCUT2D eigenvalue weighted by Gasteiger charge is -2.33. The number of fused-ring (bicyclic) bond motifs is 1. The summed E-state index contributed by atoms with van der Waals surface area (Å²) in [6, 6.07) is 0. The molecule has 3 fully saturated rings. The lowest BCUT2D eigenvalue weighted by atomic mass is 9.79. The minimum Gasteiger partial charge on any atom is -0.458 e. The molecule has 3 aliphatic rings. The number of ether oxygens (including phenoxy) is 4. The molecule has 7 unspecified atom stereocenters. The first-order chi connectivity index (χ1) is 12.5. The Morgan fingerprint density at radius 1 is 1.19 bits per heavy atom. The molecule has 0 aromatic rings. The van der Waals surface area contributed by atoms with Gasteiger partial charge in [-0.05, 0) is 26.7 Å². The quantitative estimate of drug-likeness (QED) is 0.224. The first kappa shape index (κ1) is 19.4. The molecule has 2 aliphatic carbocycles. The fourth-order valence-corrected chi connectivity index (χ4v) is 4.32. The summed E-state index contributed by atoms with van der Waals surface area (Å²) >= 11 is 0. The Morgan fingerprint density at radius 3 is 2.48 bits per heavy atom. The third-order valence-corrected chi connectivity index (χ3v) is 5.72. The van der Waals surface area contributed by atoms with E-state index in [-0.39, 0.29) is 28.8 Å². The molecule has 1 saturated heterocycles. The zero-order valence-electron chi connectivity index (χ0n) is 15.9. The van der Waals surface area contributed by atoms with E-state index in [1.54, 1.807) is 0 Å². The average molecular weight is 380 g/mol.